The number of nitrogens with zero attached hydrogens (tertiary/aromatic N) is 1. The second-order valence-electron chi connectivity index (χ2n) is 6.91. The number of aromatic nitrogens is 1. The Kier molecular flexibility index (Phi) is 6.35. The Morgan fingerprint density at radius 3 is 2.97 bits per heavy atom. The van der Waals surface area contributed by atoms with Gasteiger partial charge >= 0.3 is 0 Å². The summed E-state index contributed by atoms with van der Waals surface area (Å²) in [6.45, 7) is 1.00. The van der Waals surface area contributed by atoms with E-state index in [9.17, 15) is 9.59 Å². The highest BCUT2D eigenvalue weighted by molar-refractivity contribution is 8.26. The van der Waals surface area contributed by atoms with Gasteiger partial charge in [-0.15, -0.1) is 0 Å². The molecular formula is C22H21N3O3S2. The smallest absolute Gasteiger partial charge is 0.266 e. The molecule has 6 nitrogen and oxygen atoms in total. The third-order valence-corrected chi connectivity index (χ3v) is 6.24. The van der Waals surface area contributed by atoms with Gasteiger partial charge in [-0.25, -0.2) is 0 Å². The number of benzene rings is 1. The van der Waals surface area contributed by atoms with Crippen LogP contribution in [0.2, 0.25) is 0 Å². The van der Waals surface area contributed by atoms with E-state index in [1.165, 1.54) is 22.7 Å². The molecule has 1 aliphatic rings. The summed E-state index contributed by atoms with van der Waals surface area (Å²) in [5.74, 6) is 0.456. The fraction of sp³-hybridized carbons (Fsp3) is 0.227. The van der Waals surface area contributed by atoms with Crippen molar-refractivity contribution in [1.29, 1.82) is 0 Å². The van der Waals surface area contributed by atoms with Crippen molar-refractivity contribution in [3.8, 4) is 0 Å². The number of aromatic amines is 1. The average molecular weight is 440 g/mol. The first-order valence-corrected chi connectivity index (χ1v) is 10.9. The number of thiocarbonyl (C=S) groups is 1. The first-order valence-electron chi connectivity index (χ1n) is 9.72. The molecule has 1 saturated heterocycles. The van der Waals surface area contributed by atoms with E-state index >= 15 is 0 Å². The van der Waals surface area contributed by atoms with Gasteiger partial charge < -0.3 is 14.7 Å². The maximum atomic E-state index is 12.5. The molecule has 0 bridgehead atoms. The number of furan rings is 1. The van der Waals surface area contributed by atoms with Gasteiger partial charge in [0, 0.05) is 42.7 Å². The number of carbonyl (C=O) groups excluding carboxylic acids is 2. The van der Waals surface area contributed by atoms with Crippen LogP contribution in [0.5, 0.6) is 0 Å². The first-order chi connectivity index (χ1) is 14.6. The molecule has 154 valence electrons. The van der Waals surface area contributed by atoms with Gasteiger partial charge in [-0.2, -0.15) is 0 Å². The zero-order chi connectivity index (χ0) is 20.9. The largest absolute Gasteiger partial charge is 0.465 e. The Labute approximate surface area is 183 Å². The van der Waals surface area contributed by atoms with Crippen molar-refractivity contribution in [3.05, 3.63) is 65.1 Å². The number of fused-ring (bicyclic) bond motifs is 1. The molecule has 2 aromatic heterocycles. The highest BCUT2D eigenvalue weighted by atomic mass is 32.2. The van der Waals surface area contributed by atoms with Crippen LogP contribution in [0.3, 0.4) is 0 Å². The van der Waals surface area contributed by atoms with Crippen LogP contribution in [-0.2, 0) is 16.0 Å². The number of hydrogen-bond acceptors (Lipinski definition) is 5. The zero-order valence-corrected chi connectivity index (χ0v) is 17.9. The monoisotopic (exact) mass is 439 g/mol. The van der Waals surface area contributed by atoms with Gasteiger partial charge in [-0.05, 0) is 36.6 Å². The van der Waals surface area contributed by atoms with Crippen LogP contribution in [0, 0.1) is 0 Å². The highest BCUT2D eigenvalue weighted by Crippen LogP contribution is 2.32. The highest BCUT2D eigenvalue weighted by Gasteiger charge is 2.31. The number of nitrogens with one attached hydrogen (secondary N) is 2. The lowest BCUT2D eigenvalue weighted by molar-refractivity contribution is -0.123. The van der Waals surface area contributed by atoms with Crippen LogP contribution in [0.1, 0.15) is 24.2 Å². The van der Waals surface area contributed by atoms with E-state index < -0.39 is 0 Å². The number of thioether (sulfide) groups is 1. The van der Waals surface area contributed by atoms with Gasteiger partial charge in [0.2, 0.25) is 5.91 Å². The van der Waals surface area contributed by atoms with Crippen molar-refractivity contribution >= 4 is 57.1 Å². The second kappa shape index (κ2) is 9.32. The predicted molar refractivity (Wildman–Crippen MR) is 123 cm³/mol. The van der Waals surface area contributed by atoms with E-state index in [2.05, 4.69) is 16.4 Å². The van der Waals surface area contributed by atoms with E-state index in [1.54, 1.807) is 29.4 Å². The lowest BCUT2D eigenvalue weighted by atomic mass is 10.1. The SMILES string of the molecule is O=C(CCCN1C(=O)/C(=C/c2ccco2)SC1=S)NCCc1c[nH]c2ccccc12. The van der Waals surface area contributed by atoms with Crippen molar-refractivity contribution in [1.82, 2.24) is 15.2 Å². The summed E-state index contributed by atoms with van der Waals surface area (Å²) in [6, 6.07) is 11.7. The molecule has 1 fully saturated rings. The summed E-state index contributed by atoms with van der Waals surface area (Å²) in [4.78, 5) is 30.0. The Morgan fingerprint density at radius 1 is 1.27 bits per heavy atom. The number of amides is 2. The lowest BCUT2D eigenvalue weighted by Crippen LogP contribution is -2.31. The number of para-hydroxylation sites is 1. The molecule has 3 aromatic rings. The van der Waals surface area contributed by atoms with E-state index in [0.717, 1.165) is 11.9 Å². The van der Waals surface area contributed by atoms with E-state index in [0.29, 0.717) is 40.9 Å². The number of H-pyrrole nitrogens is 1. The molecule has 4 rings (SSSR count). The van der Waals surface area contributed by atoms with E-state index in [-0.39, 0.29) is 11.8 Å². The molecular weight excluding hydrogens is 418 g/mol. The number of hydrogen-bond donors (Lipinski definition) is 2. The molecule has 2 N–H and O–H groups in total. The summed E-state index contributed by atoms with van der Waals surface area (Å²) < 4.78 is 5.77. The third kappa shape index (κ3) is 4.66. The van der Waals surface area contributed by atoms with Crippen LogP contribution in [-0.4, -0.2) is 39.1 Å². The molecule has 1 aliphatic heterocycles. The van der Waals surface area contributed by atoms with E-state index in [4.69, 9.17) is 16.6 Å². The van der Waals surface area contributed by atoms with Crippen LogP contribution in [0.15, 0.2) is 58.2 Å². The van der Waals surface area contributed by atoms with Crippen LogP contribution in [0.25, 0.3) is 17.0 Å². The fourth-order valence-electron chi connectivity index (χ4n) is 3.36. The maximum absolute atomic E-state index is 12.5. The molecule has 0 radical (unpaired) electrons. The summed E-state index contributed by atoms with van der Waals surface area (Å²) in [5, 5.41) is 4.14. The molecule has 30 heavy (non-hydrogen) atoms. The van der Waals surface area contributed by atoms with Gasteiger partial charge in [-0.3, -0.25) is 14.5 Å². The van der Waals surface area contributed by atoms with Crippen molar-refractivity contribution in [3.63, 3.8) is 0 Å². The maximum Gasteiger partial charge on any atom is 0.266 e. The van der Waals surface area contributed by atoms with Crippen molar-refractivity contribution in [2.45, 2.75) is 19.3 Å². The minimum atomic E-state index is -0.138. The van der Waals surface area contributed by atoms with Gasteiger partial charge in [0.15, 0.2) is 0 Å². The Bertz CT molecular complexity index is 1100. The molecule has 2 amide bonds. The minimum absolute atomic E-state index is 0.0218. The van der Waals surface area contributed by atoms with E-state index in [1.807, 2.05) is 24.4 Å². The third-order valence-electron chi connectivity index (χ3n) is 4.87. The molecule has 8 heteroatoms. The summed E-state index contributed by atoms with van der Waals surface area (Å²) in [6.07, 6.45) is 6.91. The van der Waals surface area contributed by atoms with Gasteiger partial charge in [0.05, 0.1) is 11.2 Å². The van der Waals surface area contributed by atoms with Crippen molar-refractivity contribution in [2.75, 3.05) is 13.1 Å². The van der Waals surface area contributed by atoms with Crippen LogP contribution < -0.4 is 5.32 Å². The summed E-state index contributed by atoms with van der Waals surface area (Å²) in [7, 11) is 0. The van der Waals surface area contributed by atoms with Gasteiger partial charge in [0.25, 0.3) is 5.91 Å². The summed E-state index contributed by atoms with van der Waals surface area (Å²) in [5.41, 5.74) is 2.29. The Morgan fingerprint density at radius 2 is 2.13 bits per heavy atom. The van der Waals surface area contributed by atoms with Crippen molar-refractivity contribution in [2.24, 2.45) is 0 Å². The molecule has 0 spiro atoms. The fourth-order valence-corrected chi connectivity index (χ4v) is 4.65. The predicted octanol–water partition coefficient (Wildman–Crippen LogP) is 4.10. The Hall–Kier alpha value is -2.84. The molecule has 0 unspecified atom stereocenters. The summed E-state index contributed by atoms with van der Waals surface area (Å²) >= 11 is 6.57. The molecule has 0 aliphatic carbocycles. The van der Waals surface area contributed by atoms with Crippen LogP contribution >= 0.6 is 24.0 Å². The topological polar surface area (TPSA) is 78.3 Å². The number of carbonyl (C=O) groups is 2. The standard InChI is InChI=1S/C22H21N3O3S2/c26-20(23-10-9-15-14-24-18-7-2-1-6-17(15)18)8-3-11-25-21(27)19(30-22(25)29)13-16-5-4-12-28-16/h1-2,4-7,12-14,24H,3,8-11H2,(H,23,26)/b19-13-. The minimum Gasteiger partial charge on any atom is -0.465 e. The van der Waals surface area contributed by atoms with Gasteiger partial charge in [-0.1, -0.05) is 42.2 Å². The quantitative estimate of drug-likeness (QED) is 0.408. The lowest BCUT2D eigenvalue weighted by Gasteiger charge is -2.14. The molecule has 1 aromatic carbocycles. The average Bonchev–Trinajstić information content (AvgIpc) is 3.45. The number of rotatable bonds is 8. The molecule has 3 heterocycles. The molecule has 0 saturated carbocycles. The van der Waals surface area contributed by atoms with Crippen molar-refractivity contribution < 1.29 is 14.0 Å². The molecule has 0 atom stereocenters. The zero-order valence-electron chi connectivity index (χ0n) is 16.2. The second-order valence-corrected chi connectivity index (χ2v) is 8.59. The van der Waals surface area contributed by atoms with Crippen LogP contribution in [0.4, 0.5) is 0 Å². The first kappa shape index (κ1) is 20.4. The normalized spacial score (nSPS) is 15.5. The Balaban J connectivity index is 1.21. The van der Waals surface area contributed by atoms with Gasteiger partial charge in [0.1, 0.15) is 10.1 Å².